The lowest BCUT2D eigenvalue weighted by atomic mass is 9.93. The summed E-state index contributed by atoms with van der Waals surface area (Å²) in [6.45, 7) is 3.31. The lowest BCUT2D eigenvalue weighted by Gasteiger charge is -2.32. The average Bonchev–Trinajstić information content (AvgIpc) is 3.14. The topological polar surface area (TPSA) is 88.3 Å². The van der Waals surface area contributed by atoms with Gasteiger partial charge in [0, 0.05) is 25.1 Å². The molecule has 1 aromatic heterocycles. The van der Waals surface area contributed by atoms with E-state index in [1.807, 2.05) is 30.0 Å². The highest BCUT2D eigenvalue weighted by molar-refractivity contribution is 5.94. The van der Waals surface area contributed by atoms with E-state index in [0.29, 0.717) is 18.5 Å². The third kappa shape index (κ3) is 4.04. The van der Waals surface area contributed by atoms with Gasteiger partial charge in [-0.2, -0.15) is 5.10 Å². The molecule has 1 amide bonds. The Morgan fingerprint density at radius 1 is 1.36 bits per heavy atom. The quantitative estimate of drug-likeness (QED) is 0.900. The Labute approximate surface area is 146 Å². The van der Waals surface area contributed by atoms with E-state index in [9.17, 15) is 9.59 Å². The molecule has 7 heteroatoms. The molecule has 1 saturated heterocycles. The van der Waals surface area contributed by atoms with Crippen molar-refractivity contribution in [2.45, 2.75) is 32.6 Å². The molecule has 7 nitrogen and oxygen atoms in total. The number of piperidine rings is 1. The fourth-order valence-electron chi connectivity index (χ4n) is 3.37. The Balaban J connectivity index is 1.70. The van der Waals surface area contributed by atoms with Crippen molar-refractivity contribution in [3.05, 3.63) is 42.0 Å². The number of aryl methyl sites for hydroxylation is 1. The second-order valence-corrected chi connectivity index (χ2v) is 6.53. The number of amides is 1. The number of carbonyl (C=O) groups excluding carboxylic acids is 1. The normalized spacial score (nSPS) is 17.5. The van der Waals surface area contributed by atoms with Crippen LogP contribution in [0.15, 0.2) is 30.9 Å². The van der Waals surface area contributed by atoms with E-state index in [2.05, 4.69) is 10.1 Å². The summed E-state index contributed by atoms with van der Waals surface area (Å²) in [7, 11) is 0. The van der Waals surface area contributed by atoms with Crippen molar-refractivity contribution < 1.29 is 14.7 Å². The molecule has 0 bridgehead atoms. The lowest BCUT2D eigenvalue weighted by Crippen LogP contribution is -2.40. The van der Waals surface area contributed by atoms with Crippen molar-refractivity contribution in [1.82, 2.24) is 19.7 Å². The highest BCUT2D eigenvalue weighted by Gasteiger charge is 2.25. The molecule has 1 aliphatic heterocycles. The molecule has 1 fully saturated rings. The van der Waals surface area contributed by atoms with Crippen molar-refractivity contribution in [2.75, 3.05) is 13.1 Å². The van der Waals surface area contributed by atoms with Crippen LogP contribution in [0.1, 0.15) is 41.6 Å². The molecule has 1 aromatic carbocycles. The maximum Gasteiger partial charge on any atom is 0.303 e. The third-order valence-electron chi connectivity index (χ3n) is 4.68. The number of carbonyl (C=O) groups is 2. The minimum Gasteiger partial charge on any atom is -0.481 e. The second kappa shape index (κ2) is 7.46. The number of hydrogen-bond donors (Lipinski definition) is 1. The van der Waals surface area contributed by atoms with Crippen molar-refractivity contribution in [3.63, 3.8) is 0 Å². The van der Waals surface area contributed by atoms with Gasteiger partial charge in [0.15, 0.2) is 0 Å². The zero-order chi connectivity index (χ0) is 17.8. The number of aromatic nitrogens is 3. The number of rotatable bonds is 5. The van der Waals surface area contributed by atoms with Crippen LogP contribution in [0.5, 0.6) is 0 Å². The largest absolute Gasteiger partial charge is 0.481 e. The number of likely N-dealkylation sites (tertiary alicyclic amines) is 1. The minimum atomic E-state index is -0.775. The molecule has 0 aliphatic carbocycles. The predicted octanol–water partition coefficient (Wildman–Crippen LogP) is 2.29. The van der Waals surface area contributed by atoms with Crippen LogP contribution in [-0.2, 0) is 4.79 Å². The van der Waals surface area contributed by atoms with Crippen LogP contribution < -0.4 is 0 Å². The predicted molar refractivity (Wildman–Crippen MR) is 91.6 cm³/mol. The van der Waals surface area contributed by atoms with Crippen LogP contribution in [0.2, 0.25) is 0 Å². The highest BCUT2D eigenvalue weighted by Crippen LogP contribution is 2.23. The van der Waals surface area contributed by atoms with E-state index in [1.54, 1.807) is 11.0 Å². The number of carboxylic acids is 1. The van der Waals surface area contributed by atoms with Gasteiger partial charge in [0.05, 0.1) is 5.69 Å². The molecule has 2 aromatic rings. The van der Waals surface area contributed by atoms with E-state index in [0.717, 1.165) is 30.6 Å². The van der Waals surface area contributed by atoms with E-state index in [-0.39, 0.29) is 18.2 Å². The van der Waals surface area contributed by atoms with Crippen molar-refractivity contribution >= 4 is 11.9 Å². The number of benzene rings is 1. The van der Waals surface area contributed by atoms with E-state index in [1.165, 1.54) is 6.33 Å². The van der Waals surface area contributed by atoms with Gasteiger partial charge < -0.3 is 10.0 Å². The Bertz CT molecular complexity index is 758. The van der Waals surface area contributed by atoms with E-state index in [4.69, 9.17) is 5.11 Å². The molecule has 1 atom stereocenters. The van der Waals surface area contributed by atoms with Gasteiger partial charge in [0.2, 0.25) is 0 Å². The molecule has 3 rings (SSSR count). The van der Waals surface area contributed by atoms with Gasteiger partial charge in [-0.25, -0.2) is 9.67 Å². The molecular formula is C18H22N4O3. The maximum absolute atomic E-state index is 12.8. The summed E-state index contributed by atoms with van der Waals surface area (Å²) in [4.78, 5) is 29.4. The Hall–Kier alpha value is -2.70. The maximum atomic E-state index is 12.8. The summed E-state index contributed by atoms with van der Waals surface area (Å²) < 4.78 is 1.67. The molecule has 0 spiro atoms. The fourth-order valence-corrected chi connectivity index (χ4v) is 3.37. The summed E-state index contributed by atoms with van der Waals surface area (Å²) >= 11 is 0. The summed E-state index contributed by atoms with van der Waals surface area (Å²) in [5, 5.41) is 13.0. The number of nitrogens with zero attached hydrogens (tertiary/aromatic N) is 4. The molecule has 1 N–H and O–H groups in total. The van der Waals surface area contributed by atoms with Crippen molar-refractivity contribution in [3.8, 4) is 5.69 Å². The molecule has 0 saturated carbocycles. The molecule has 132 valence electrons. The molecule has 25 heavy (non-hydrogen) atoms. The van der Waals surface area contributed by atoms with Gasteiger partial charge in [-0.3, -0.25) is 9.59 Å². The first-order chi connectivity index (χ1) is 12.0. The van der Waals surface area contributed by atoms with Crippen LogP contribution in [0, 0.1) is 12.8 Å². The number of hydrogen-bond acceptors (Lipinski definition) is 4. The van der Waals surface area contributed by atoms with Gasteiger partial charge in [-0.1, -0.05) is 0 Å². The first-order valence-corrected chi connectivity index (χ1v) is 8.51. The zero-order valence-electron chi connectivity index (χ0n) is 14.3. The van der Waals surface area contributed by atoms with Gasteiger partial charge >= 0.3 is 5.97 Å². The molecule has 1 unspecified atom stereocenters. The highest BCUT2D eigenvalue weighted by atomic mass is 16.4. The number of carboxylic acid groups (broad SMARTS) is 1. The minimum absolute atomic E-state index is 0.00765. The smallest absolute Gasteiger partial charge is 0.303 e. The summed E-state index contributed by atoms with van der Waals surface area (Å²) in [5.41, 5.74) is 2.50. The van der Waals surface area contributed by atoms with E-state index < -0.39 is 5.97 Å². The first kappa shape index (κ1) is 17.1. The average molecular weight is 342 g/mol. The fraction of sp³-hybridized carbons (Fsp3) is 0.444. The standard InChI is InChI=1S/C18H22N4O3/c1-13-9-15(5-6-16(13)22-12-19-11-20-22)18(25)21-8-2-3-14(10-21)4-7-17(23)24/h5-6,9,11-12,14H,2-4,7-8,10H2,1H3,(H,23,24). The van der Waals surface area contributed by atoms with Crippen LogP contribution in [-0.4, -0.2) is 49.7 Å². The van der Waals surface area contributed by atoms with Crippen LogP contribution in [0.4, 0.5) is 0 Å². The summed E-state index contributed by atoms with van der Waals surface area (Å²) in [5.74, 6) is -0.500. The van der Waals surface area contributed by atoms with E-state index >= 15 is 0 Å². The third-order valence-corrected chi connectivity index (χ3v) is 4.68. The van der Waals surface area contributed by atoms with Gasteiger partial charge in [0.25, 0.3) is 5.91 Å². The van der Waals surface area contributed by atoms with Gasteiger partial charge in [-0.05, 0) is 55.9 Å². The van der Waals surface area contributed by atoms with Crippen molar-refractivity contribution in [1.29, 1.82) is 0 Å². The molecular weight excluding hydrogens is 320 g/mol. The summed E-state index contributed by atoms with van der Waals surface area (Å²) in [6, 6.07) is 5.57. The van der Waals surface area contributed by atoms with Crippen molar-refractivity contribution in [2.24, 2.45) is 5.92 Å². The Kier molecular flexibility index (Phi) is 5.11. The van der Waals surface area contributed by atoms with Gasteiger partial charge in [0.1, 0.15) is 12.7 Å². The van der Waals surface area contributed by atoms with Crippen LogP contribution >= 0.6 is 0 Å². The summed E-state index contributed by atoms with van der Waals surface area (Å²) in [6.07, 6.45) is 5.81. The van der Waals surface area contributed by atoms with Gasteiger partial charge in [-0.15, -0.1) is 0 Å². The van der Waals surface area contributed by atoms with Crippen LogP contribution in [0.3, 0.4) is 0 Å². The first-order valence-electron chi connectivity index (χ1n) is 8.51. The lowest BCUT2D eigenvalue weighted by molar-refractivity contribution is -0.137. The SMILES string of the molecule is Cc1cc(C(=O)N2CCCC(CCC(=O)O)C2)ccc1-n1cncn1. The molecule has 2 heterocycles. The van der Waals surface area contributed by atoms with Crippen LogP contribution in [0.25, 0.3) is 5.69 Å². The second-order valence-electron chi connectivity index (χ2n) is 6.53. The molecule has 1 aliphatic rings. The number of aliphatic carboxylic acids is 1. The Morgan fingerprint density at radius 3 is 2.88 bits per heavy atom. The molecule has 0 radical (unpaired) electrons. The Morgan fingerprint density at radius 2 is 2.20 bits per heavy atom. The monoisotopic (exact) mass is 342 g/mol. The zero-order valence-corrected chi connectivity index (χ0v) is 14.3.